The lowest BCUT2D eigenvalue weighted by Gasteiger charge is -2.39. The molecule has 4 rings (SSSR count). The van der Waals surface area contributed by atoms with Gasteiger partial charge in [-0.2, -0.15) is 4.31 Å². The second kappa shape index (κ2) is 6.26. The molecule has 0 aromatic heterocycles. The summed E-state index contributed by atoms with van der Waals surface area (Å²) in [6.45, 7) is 4.03. The largest absolute Gasteiger partial charge is 0.400 e. The number of fused-ring (bicyclic) bond motifs is 2. The van der Waals surface area contributed by atoms with Crippen LogP contribution in [0.1, 0.15) is 19.4 Å². The van der Waals surface area contributed by atoms with Gasteiger partial charge in [-0.05, 0) is 19.4 Å². The first-order valence-electron chi connectivity index (χ1n) is 8.76. The van der Waals surface area contributed by atoms with Crippen molar-refractivity contribution < 1.29 is 27.4 Å². The fourth-order valence-corrected chi connectivity index (χ4v) is 5.47. The number of sulfonamides is 1. The summed E-state index contributed by atoms with van der Waals surface area (Å²) < 4.78 is 49.9. The molecule has 4 atom stereocenters. The summed E-state index contributed by atoms with van der Waals surface area (Å²) in [7, 11) is -2.19. The van der Waals surface area contributed by atoms with Gasteiger partial charge in [-0.25, -0.2) is 8.42 Å². The molecule has 2 N–H and O–H groups in total. The van der Waals surface area contributed by atoms with Crippen molar-refractivity contribution in [1.82, 2.24) is 4.31 Å². The normalized spacial score (nSPS) is 36.9. The third-order valence-electron chi connectivity index (χ3n) is 5.30. The minimum atomic E-state index is -3.68. The number of rotatable bonds is 4. The third kappa shape index (κ3) is 2.89. The van der Waals surface area contributed by atoms with Gasteiger partial charge in [-0.3, -0.25) is 0 Å². The number of benzene rings is 1. The van der Waals surface area contributed by atoms with Crippen LogP contribution in [-0.4, -0.2) is 56.2 Å². The van der Waals surface area contributed by atoms with E-state index in [4.69, 9.17) is 24.7 Å². The molecule has 0 aliphatic carbocycles. The Hall–Kier alpha value is -1.49. The number of nitrogens with zero attached hydrogens (tertiary/aromatic N) is 1. The maximum absolute atomic E-state index is 12.5. The number of ether oxygens (including phenoxy) is 4. The van der Waals surface area contributed by atoms with Crippen molar-refractivity contribution in [3.63, 3.8) is 0 Å². The van der Waals surface area contributed by atoms with Crippen molar-refractivity contribution in [2.45, 2.75) is 50.3 Å². The van der Waals surface area contributed by atoms with Gasteiger partial charge in [-0.15, -0.1) is 0 Å². The first-order chi connectivity index (χ1) is 12.7. The number of nitrogens with two attached hydrogens (primary N) is 1. The molecule has 0 bridgehead atoms. The van der Waals surface area contributed by atoms with E-state index >= 15 is 0 Å². The molecule has 1 spiro atoms. The Labute approximate surface area is 158 Å². The van der Waals surface area contributed by atoms with Crippen LogP contribution in [-0.2, 0) is 35.6 Å². The van der Waals surface area contributed by atoms with E-state index in [0.29, 0.717) is 6.61 Å². The molecule has 27 heavy (non-hydrogen) atoms. The summed E-state index contributed by atoms with van der Waals surface area (Å²) in [4.78, 5) is 0. The lowest BCUT2D eigenvalue weighted by Crippen LogP contribution is -2.62. The fraction of sp³-hybridized carbons (Fsp3) is 0.556. The van der Waals surface area contributed by atoms with Gasteiger partial charge in [0.15, 0.2) is 12.1 Å². The average Bonchev–Trinajstić information content (AvgIpc) is 3.10. The summed E-state index contributed by atoms with van der Waals surface area (Å²) in [5.41, 5.74) is 6.21. The van der Waals surface area contributed by atoms with Crippen molar-refractivity contribution >= 4 is 10.0 Å². The van der Waals surface area contributed by atoms with Crippen molar-refractivity contribution in [3.05, 3.63) is 47.0 Å². The molecule has 3 heterocycles. The summed E-state index contributed by atoms with van der Waals surface area (Å²) in [5.74, 6) is -0.897. The minimum Gasteiger partial charge on any atom is -0.400 e. The molecule has 0 radical (unpaired) electrons. The molecule has 0 saturated carbocycles. The van der Waals surface area contributed by atoms with E-state index in [1.54, 1.807) is 13.8 Å². The molecule has 2 saturated heterocycles. The zero-order chi connectivity index (χ0) is 19.4. The first kappa shape index (κ1) is 18.9. The van der Waals surface area contributed by atoms with Gasteiger partial charge in [0.25, 0.3) is 0 Å². The van der Waals surface area contributed by atoms with Crippen molar-refractivity contribution in [3.8, 4) is 0 Å². The Kier molecular flexibility index (Phi) is 4.37. The van der Waals surface area contributed by atoms with Gasteiger partial charge >= 0.3 is 0 Å². The standard InChI is InChI=1S/C18H24N2O6S/c1-17(2)25-15-16(26-17)24-14(10-23-9-12-7-5-4-6-8-12)18(15)13(19)11-27(21,22)20(18)3/h4-8,11,14-16H,9-10,19H2,1-3H3/t14-,15+,16-,18-/m1/s1. The molecule has 1 aromatic rings. The van der Waals surface area contributed by atoms with Crippen LogP contribution >= 0.6 is 0 Å². The highest BCUT2D eigenvalue weighted by atomic mass is 32.2. The van der Waals surface area contributed by atoms with Gasteiger partial charge in [0.1, 0.15) is 17.7 Å². The highest BCUT2D eigenvalue weighted by Crippen LogP contribution is 2.51. The molecular weight excluding hydrogens is 372 g/mol. The Morgan fingerprint density at radius 3 is 2.56 bits per heavy atom. The first-order valence-corrected chi connectivity index (χ1v) is 10.3. The summed E-state index contributed by atoms with van der Waals surface area (Å²) in [5, 5.41) is 1.07. The predicted octanol–water partition coefficient (Wildman–Crippen LogP) is 0.894. The van der Waals surface area contributed by atoms with Crippen molar-refractivity contribution in [2.24, 2.45) is 5.73 Å². The Morgan fingerprint density at radius 2 is 1.93 bits per heavy atom. The Morgan fingerprint density at radius 1 is 1.22 bits per heavy atom. The van der Waals surface area contributed by atoms with E-state index < -0.39 is 39.8 Å². The van der Waals surface area contributed by atoms with Crippen LogP contribution in [0, 0.1) is 0 Å². The van der Waals surface area contributed by atoms with E-state index in [-0.39, 0.29) is 12.3 Å². The van der Waals surface area contributed by atoms with E-state index in [1.165, 1.54) is 11.4 Å². The number of hydrogen-bond donors (Lipinski definition) is 1. The molecule has 1 aromatic carbocycles. The summed E-state index contributed by atoms with van der Waals surface area (Å²) in [6.07, 6.45) is -2.07. The summed E-state index contributed by atoms with van der Waals surface area (Å²) >= 11 is 0. The molecule has 3 aliphatic heterocycles. The van der Waals surface area contributed by atoms with Crippen LogP contribution in [0.4, 0.5) is 0 Å². The average molecular weight is 396 g/mol. The predicted molar refractivity (Wildman–Crippen MR) is 96.5 cm³/mol. The molecule has 3 aliphatic rings. The van der Waals surface area contributed by atoms with Gasteiger partial charge < -0.3 is 24.7 Å². The molecule has 2 fully saturated rings. The van der Waals surface area contributed by atoms with Crippen LogP contribution < -0.4 is 5.73 Å². The quantitative estimate of drug-likeness (QED) is 0.807. The fourth-order valence-electron chi connectivity index (χ4n) is 4.06. The van der Waals surface area contributed by atoms with Crippen LogP contribution in [0.25, 0.3) is 0 Å². The topological polar surface area (TPSA) is 100 Å². The zero-order valence-electron chi connectivity index (χ0n) is 15.5. The van der Waals surface area contributed by atoms with E-state index in [2.05, 4.69) is 0 Å². The Balaban J connectivity index is 1.61. The lowest BCUT2D eigenvalue weighted by atomic mass is 9.85. The molecule has 148 valence electrons. The summed E-state index contributed by atoms with van der Waals surface area (Å²) in [6, 6.07) is 9.70. The molecular formula is C18H24N2O6S. The maximum atomic E-state index is 12.5. The molecule has 0 amide bonds. The lowest BCUT2D eigenvalue weighted by molar-refractivity contribution is -0.220. The minimum absolute atomic E-state index is 0.142. The monoisotopic (exact) mass is 396 g/mol. The molecule has 8 nitrogen and oxygen atoms in total. The van der Waals surface area contributed by atoms with Crippen molar-refractivity contribution in [2.75, 3.05) is 13.7 Å². The van der Waals surface area contributed by atoms with Crippen LogP contribution in [0.3, 0.4) is 0 Å². The van der Waals surface area contributed by atoms with Crippen LogP contribution in [0.2, 0.25) is 0 Å². The van der Waals surface area contributed by atoms with E-state index in [1.807, 2.05) is 30.3 Å². The van der Waals surface area contributed by atoms with Gasteiger partial charge in [-0.1, -0.05) is 30.3 Å². The van der Waals surface area contributed by atoms with Gasteiger partial charge in [0.05, 0.1) is 18.6 Å². The van der Waals surface area contributed by atoms with E-state index in [0.717, 1.165) is 11.0 Å². The van der Waals surface area contributed by atoms with Gasteiger partial charge in [0, 0.05) is 12.7 Å². The number of hydrogen-bond acceptors (Lipinski definition) is 7. The number of likely N-dealkylation sites (N-methyl/N-ethyl adjacent to an activating group) is 1. The maximum Gasteiger partial charge on any atom is 0.238 e. The smallest absolute Gasteiger partial charge is 0.238 e. The van der Waals surface area contributed by atoms with Crippen molar-refractivity contribution in [1.29, 1.82) is 0 Å². The molecule has 9 heteroatoms. The van der Waals surface area contributed by atoms with E-state index in [9.17, 15) is 8.42 Å². The highest BCUT2D eigenvalue weighted by Gasteiger charge is 2.70. The second-order valence-electron chi connectivity index (χ2n) is 7.46. The van der Waals surface area contributed by atoms with Gasteiger partial charge in [0.2, 0.25) is 10.0 Å². The zero-order valence-corrected chi connectivity index (χ0v) is 16.3. The van der Waals surface area contributed by atoms with Crippen LogP contribution in [0.15, 0.2) is 41.4 Å². The highest BCUT2D eigenvalue weighted by molar-refractivity contribution is 7.92. The second-order valence-corrected chi connectivity index (χ2v) is 9.27. The third-order valence-corrected chi connectivity index (χ3v) is 6.92. The van der Waals surface area contributed by atoms with Crippen LogP contribution in [0.5, 0.6) is 0 Å². The molecule has 0 unspecified atom stereocenters. The SMILES string of the molecule is CN1[C@]2(C(N)=CS1(=O)=O)[C@@H](COCc1ccccc1)O[C@@H]1OC(C)(C)O[C@@H]12. The Bertz CT molecular complexity index is 856.